The number of aryl methyl sites for hydroxylation is 1. The van der Waals surface area contributed by atoms with E-state index in [9.17, 15) is 9.59 Å². The summed E-state index contributed by atoms with van der Waals surface area (Å²) in [6.45, 7) is 5.36. The molecule has 0 atom stereocenters. The molecule has 1 aromatic rings. The minimum absolute atomic E-state index is 0.0450. The van der Waals surface area contributed by atoms with Gasteiger partial charge in [0.15, 0.2) is 0 Å². The van der Waals surface area contributed by atoms with Crippen molar-refractivity contribution in [3.63, 3.8) is 0 Å². The third kappa shape index (κ3) is 3.18. The van der Waals surface area contributed by atoms with E-state index in [0.29, 0.717) is 0 Å². The Morgan fingerprint density at radius 1 is 1.20 bits per heavy atom. The molecule has 0 unspecified atom stereocenters. The number of rotatable bonds is 4. The van der Waals surface area contributed by atoms with Gasteiger partial charge in [0, 0.05) is 25.7 Å². The standard InChI is InChI=1S/C16H22N2O2/c1-3-14-8-4-5-9-15(14)18(13(2)19)12-16(20)17-10-6-7-11-17/h4-5,8-9H,3,6-7,10-12H2,1-2H3. The van der Waals surface area contributed by atoms with Gasteiger partial charge >= 0.3 is 0 Å². The fraction of sp³-hybridized carbons (Fsp3) is 0.500. The number of carbonyl (C=O) groups is 2. The molecule has 1 aliphatic rings. The predicted molar refractivity (Wildman–Crippen MR) is 79.7 cm³/mol. The van der Waals surface area contributed by atoms with Crippen LogP contribution in [0.1, 0.15) is 32.3 Å². The third-order valence-electron chi connectivity index (χ3n) is 3.80. The Hall–Kier alpha value is -1.84. The highest BCUT2D eigenvalue weighted by Gasteiger charge is 2.23. The first kappa shape index (κ1) is 14.6. The average molecular weight is 274 g/mol. The van der Waals surface area contributed by atoms with Crippen molar-refractivity contribution in [1.82, 2.24) is 4.90 Å². The summed E-state index contributed by atoms with van der Waals surface area (Å²) in [5, 5.41) is 0. The Morgan fingerprint density at radius 3 is 2.45 bits per heavy atom. The average Bonchev–Trinajstić information content (AvgIpc) is 2.98. The van der Waals surface area contributed by atoms with Gasteiger partial charge in [0.25, 0.3) is 0 Å². The van der Waals surface area contributed by atoms with Crippen LogP contribution in [-0.2, 0) is 16.0 Å². The van der Waals surface area contributed by atoms with E-state index in [1.807, 2.05) is 29.2 Å². The summed E-state index contributed by atoms with van der Waals surface area (Å²) in [6.07, 6.45) is 2.98. The van der Waals surface area contributed by atoms with Crippen LogP contribution in [0.15, 0.2) is 24.3 Å². The topological polar surface area (TPSA) is 40.6 Å². The second-order valence-electron chi connectivity index (χ2n) is 5.18. The minimum atomic E-state index is -0.0848. The molecule has 20 heavy (non-hydrogen) atoms. The van der Waals surface area contributed by atoms with Gasteiger partial charge in [-0.1, -0.05) is 25.1 Å². The van der Waals surface area contributed by atoms with Gasteiger partial charge in [0.2, 0.25) is 11.8 Å². The highest BCUT2D eigenvalue weighted by atomic mass is 16.2. The smallest absolute Gasteiger partial charge is 0.242 e. The van der Waals surface area contributed by atoms with E-state index in [0.717, 1.165) is 43.6 Å². The van der Waals surface area contributed by atoms with Gasteiger partial charge < -0.3 is 9.80 Å². The van der Waals surface area contributed by atoms with E-state index in [-0.39, 0.29) is 18.4 Å². The Labute approximate surface area is 120 Å². The van der Waals surface area contributed by atoms with Gasteiger partial charge in [-0.2, -0.15) is 0 Å². The van der Waals surface area contributed by atoms with Gasteiger partial charge in [-0.25, -0.2) is 0 Å². The number of amides is 2. The lowest BCUT2D eigenvalue weighted by atomic mass is 10.1. The zero-order chi connectivity index (χ0) is 14.5. The number of likely N-dealkylation sites (tertiary alicyclic amines) is 1. The van der Waals surface area contributed by atoms with E-state index >= 15 is 0 Å². The lowest BCUT2D eigenvalue weighted by Crippen LogP contribution is -2.41. The molecule has 1 aromatic carbocycles. The van der Waals surface area contributed by atoms with Gasteiger partial charge in [0.05, 0.1) is 0 Å². The molecular formula is C16H22N2O2. The molecule has 0 N–H and O–H groups in total. The number of para-hydroxylation sites is 1. The second kappa shape index (κ2) is 6.55. The summed E-state index contributed by atoms with van der Waals surface area (Å²) in [7, 11) is 0. The zero-order valence-corrected chi connectivity index (χ0v) is 12.3. The Morgan fingerprint density at radius 2 is 1.85 bits per heavy atom. The number of benzene rings is 1. The van der Waals surface area contributed by atoms with Crippen LogP contribution in [0.25, 0.3) is 0 Å². The first-order chi connectivity index (χ1) is 9.63. The van der Waals surface area contributed by atoms with Gasteiger partial charge in [-0.15, -0.1) is 0 Å². The van der Waals surface area contributed by atoms with Crippen molar-refractivity contribution in [2.24, 2.45) is 0 Å². The SMILES string of the molecule is CCc1ccccc1N(CC(=O)N1CCCC1)C(C)=O. The lowest BCUT2D eigenvalue weighted by molar-refractivity contribution is -0.130. The quantitative estimate of drug-likeness (QED) is 0.844. The molecule has 2 rings (SSSR count). The maximum absolute atomic E-state index is 12.3. The molecule has 0 aliphatic carbocycles. The van der Waals surface area contributed by atoms with Crippen molar-refractivity contribution in [3.8, 4) is 0 Å². The number of hydrogen-bond acceptors (Lipinski definition) is 2. The van der Waals surface area contributed by atoms with Crippen molar-refractivity contribution in [2.75, 3.05) is 24.5 Å². The van der Waals surface area contributed by atoms with Crippen molar-refractivity contribution in [3.05, 3.63) is 29.8 Å². The monoisotopic (exact) mass is 274 g/mol. The molecular weight excluding hydrogens is 252 g/mol. The van der Waals surface area contributed by atoms with Gasteiger partial charge in [0.1, 0.15) is 6.54 Å². The third-order valence-corrected chi connectivity index (χ3v) is 3.80. The zero-order valence-electron chi connectivity index (χ0n) is 12.3. The first-order valence-corrected chi connectivity index (χ1v) is 7.27. The van der Waals surface area contributed by atoms with E-state index in [1.165, 1.54) is 6.92 Å². The minimum Gasteiger partial charge on any atom is -0.341 e. The summed E-state index contributed by atoms with van der Waals surface area (Å²) in [5.74, 6) is -0.0398. The van der Waals surface area contributed by atoms with Crippen LogP contribution in [0.4, 0.5) is 5.69 Å². The molecule has 2 amide bonds. The van der Waals surface area contributed by atoms with Crippen LogP contribution in [0.2, 0.25) is 0 Å². The maximum Gasteiger partial charge on any atom is 0.242 e. The summed E-state index contributed by atoms with van der Waals surface area (Å²) < 4.78 is 0. The van der Waals surface area contributed by atoms with Crippen molar-refractivity contribution >= 4 is 17.5 Å². The molecule has 0 radical (unpaired) electrons. The van der Waals surface area contributed by atoms with E-state index in [2.05, 4.69) is 6.92 Å². The number of anilines is 1. The lowest BCUT2D eigenvalue weighted by Gasteiger charge is -2.25. The predicted octanol–water partition coefficient (Wildman–Crippen LogP) is 2.22. The van der Waals surface area contributed by atoms with E-state index in [1.54, 1.807) is 4.90 Å². The van der Waals surface area contributed by atoms with Crippen LogP contribution in [0.3, 0.4) is 0 Å². The van der Waals surface area contributed by atoms with Crippen molar-refractivity contribution in [2.45, 2.75) is 33.1 Å². The van der Waals surface area contributed by atoms with Crippen LogP contribution in [-0.4, -0.2) is 36.3 Å². The highest BCUT2D eigenvalue weighted by Crippen LogP contribution is 2.21. The fourth-order valence-corrected chi connectivity index (χ4v) is 2.64. The second-order valence-corrected chi connectivity index (χ2v) is 5.18. The normalized spacial score (nSPS) is 14.4. The van der Waals surface area contributed by atoms with Crippen LogP contribution in [0, 0.1) is 0 Å². The summed E-state index contributed by atoms with van der Waals surface area (Å²) in [5.41, 5.74) is 1.95. The Kier molecular flexibility index (Phi) is 4.77. The van der Waals surface area contributed by atoms with Gasteiger partial charge in [-0.05, 0) is 30.9 Å². The molecule has 1 saturated heterocycles. The first-order valence-electron chi connectivity index (χ1n) is 7.27. The number of nitrogens with zero attached hydrogens (tertiary/aromatic N) is 2. The molecule has 1 aliphatic heterocycles. The highest BCUT2D eigenvalue weighted by molar-refractivity contribution is 5.98. The summed E-state index contributed by atoms with van der Waals surface area (Å²) >= 11 is 0. The number of carbonyl (C=O) groups excluding carboxylic acids is 2. The molecule has 0 aromatic heterocycles. The van der Waals surface area contributed by atoms with Gasteiger partial charge in [-0.3, -0.25) is 9.59 Å². The van der Waals surface area contributed by atoms with Crippen LogP contribution < -0.4 is 4.90 Å². The molecule has 1 fully saturated rings. The molecule has 108 valence electrons. The fourth-order valence-electron chi connectivity index (χ4n) is 2.64. The van der Waals surface area contributed by atoms with Crippen molar-refractivity contribution < 1.29 is 9.59 Å². The van der Waals surface area contributed by atoms with E-state index < -0.39 is 0 Å². The maximum atomic E-state index is 12.3. The Bertz CT molecular complexity index is 493. The molecule has 0 saturated carbocycles. The molecule has 0 spiro atoms. The molecule has 0 bridgehead atoms. The van der Waals surface area contributed by atoms with Crippen molar-refractivity contribution in [1.29, 1.82) is 0 Å². The van der Waals surface area contributed by atoms with E-state index in [4.69, 9.17) is 0 Å². The number of hydrogen-bond donors (Lipinski definition) is 0. The summed E-state index contributed by atoms with van der Waals surface area (Å²) in [4.78, 5) is 27.6. The Balaban J connectivity index is 2.18. The summed E-state index contributed by atoms with van der Waals surface area (Å²) in [6, 6.07) is 7.79. The molecule has 4 nitrogen and oxygen atoms in total. The molecule has 1 heterocycles. The van der Waals surface area contributed by atoms with Crippen LogP contribution in [0.5, 0.6) is 0 Å². The molecule has 4 heteroatoms. The van der Waals surface area contributed by atoms with Crippen LogP contribution >= 0.6 is 0 Å². The largest absolute Gasteiger partial charge is 0.341 e.